The molecule has 6 nitrogen and oxygen atoms in total. The summed E-state index contributed by atoms with van der Waals surface area (Å²) in [6.07, 6.45) is 5.19. The molecule has 0 radical (unpaired) electrons. The van der Waals surface area contributed by atoms with Crippen LogP contribution in [0.4, 0.5) is 0 Å². The van der Waals surface area contributed by atoms with E-state index >= 15 is 0 Å². The molecule has 0 heterocycles. The minimum absolute atomic E-state index is 0. The van der Waals surface area contributed by atoms with Crippen LogP contribution in [0.25, 0.3) is 0 Å². The molecule has 0 saturated carbocycles. The van der Waals surface area contributed by atoms with Crippen LogP contribution in [0.5, 0.6) is 11.5 Å². The summed E-state index contributed by atoms with van der Waals surface area (Å²) < 4.78 is 4.81. The number of hydrogen-bond donors (Lipinski definition) is 2. The van der Waals surface area contributed by atoms with Gasteiger partial charge in [0, 0.05) is 46.6 Å². The monoisotopic (exact) mass is 426 g/mol. The van der Waals surface area contributed by atoms with Gasteiger partial charge in [0.25, 0.3) is 0 Å². The third-order valence-electron chi connectivity index (χ3n) is 3.99. The third-order valence-corrected chi connectivity index (χ3v) is 3.99. The number of esters is 1. The normalized spacial score (nSPS) is 12.0. The van der Waals surface area contributed by atoms with Crippen LogP contribution < -0.4 is 0 Å². The van der Waals surface area contributed by atoms with Crippen molar-refractivity contribution in [1.29, 1.82) is 0 Å². The van der Waals surface area contributed by atoms with Crippen LogP contribution in [0.2, 0.25) is 0 Å². The molecule has 28 heavy (non-hydrogen) atoms. The summed E-state index contributed by atoms with van der Waals surface area (Å²) in [5.74, 6) is -0.0896. The maximum Gasteiger partial charge on any atom is 0.330 e. The minimum atomic E-state index is -0.614. The van der Waals surface area contributed by atoms with Gasteiger partial charge in [-0.15, -0.1) is 0 Å². The summed E-state index contributed by atoms with van der Waals surface area (Å²) in [5, 5.41) is 19.4. The number of carbonyl (C=O) groups is 1. The standard InChI is InChI=1S/C21H24N2O4.Ni/c1-27-21(26)18(23-15-17-9-3-5-12-20(17)25)10-6-7-13-22-14-16-8-2-4-11-19(16)24;/h2-5,8-9,11-12,14-15,18,24-25H,6-7,10,13H2,1H3;. The van der Waals surface area contributed by atoms with Gasteiger partial charge in [-0.1, -0.05) is 24.3 Å². The van der Waals surface area contributed by atoms with Crippen LogP contribution >= 0.6 is 0 Å². The fraction of sp³-hybridized carbons (Fsp3) is 0.286. The number of carbonyl (C=O) groups excluding carboxylic acids is 1. The molecule has 0 amide bonds. The van der Waals surface area contributed by atoms with Crippen LogP contribution in [-0.2, 0) is 26.0 Å². The predicted molar refractivity (Wildman–Crippen MR) is 106 cm³/mol. The number of nitrogens with zero attached hydrogens (tertiary/aromatic N) is 2. The largest absolute Gasteiger partial charge is 0.507 e. The predicted octanol–water partition coefficient (Wildman–Crippen LogP) is 3.35. The Balaban J connectivity index is 0.00000392. The molecule has 0 aliphatic rings. The van der Waals surface area contributed by atoms with Crippen molar-refractivity contribution in [2.75, 3.05) is 13.7 Å². The number of phenolic OH excluding ortho intramolecular Hbond substituents is 2. The van der Waals surface area contributed by atoms with E-state index < -0.39 is 12.0 Å². The van der Waals surface area contributed by atoms with Crippen LogP contribution in [0.1, 0.15) is 30.4 Å². The van der Waals surface area contributed by atoms with Gasteiger partial charge in [-0.3, -0.25) is 9.98 Å². The maximum absolute atomic E-state index is 11.9. The van der Waals surface area contributed by atoms with Gasteiger partial charge in [-0.25, -0.2) is 4.79 Å². The zero-order chi connectivity index (χ0) is 19.5. The topological polar surface area (TPSA) is 91.5 Å². The number of unbranched alkanes of at least 4 members (excludes halogenated alkanes) is 1. The smallest absolute Gasteiger partial charge is 0.330 e. The van der Waals surface area contributed by atoms with Gasteiger partial charge in [0.1, 0.15) is 17.5 Å². The fourth-order valence-corrected chi connectivity index (χ4v) is 2.46. The Bertz CT molecular complexity index is 808. The van der Waals surface area contributed by atoms with E-state index in [2.05, 4.69) is 9.98 Å². The van der Waals surface area contributed by atoms with E-state index in [4.69, 9.17) is 4.74 Å². The fourth-order valence-electron chi connectivity index (χ4n) is 2.46. The first-order valence-corrected chi connectivity index (χ1v) is 8.78. The van der Waals surface area contributed by atoms with Crippen LogP contribution in [-0.4, -0.2) is 48.3 Å². The number of benzene rings is 2. The molecule has 7 heteroatoms. The van der Waals surface area contributed by atoms with Gasteiger partial charge in [0.2, 0.25) is 0 Å². The van der Waals surface area contributed by atoms with E-state index in [1.807, 2.05) is 6.07 Å². The molecule has 0 saturated heterocycles. The van der Waals surface area contributed by atoms with Gasteiger partial charge in [0.05, 0.1) is 7.11 Å². The molecular formula is C21H24N2NiO4. The summed E-state index contributed by atoms with van der Waals surface area (Å²) >= 11 is 0. The average molecular weight is 427 g/mol. The summed E-state index contributed by atoms with van der Waals surface area (Å²) in [7, 11) is 1.33. The number of para-hydroxylation sites is 2. The number of phenols is 2. The van der Waals surface area contributed by atoms with Gasteiger partial charge < -0.3 is 14.9 Å². The summed E-state index contributed by atoms with van der Waals surface area (Å²) in [6.45, 7) is 0.589. The second-order valence-electron chi connectivity index (χ2n) is 5.97. The second kappa shape index (κ2) is 12.7. The average Bonchev–Trinajstić information content (AvgIpc) is 2.68. The van der Waals surface area contributed by atoms with Crippen LogP contribution in [0.3, 0.4) is 0 Å². The van der Waals surface area contributed by atoms with Crippen LogP contribution in [0.15, 0.2) is 58.5 Å². The first kappa shape index (κ1) is 23.4. The molecule has 2 aromatic carbocycles. The van der Waals surface area contributed by atoms with Crippen molar-refractivity contribution in [3.8, 4) is 11.5 Å². The number of aromatic hydroxyl groups is 2. The Labute approximate surface area is 174 Å². The number of hydrogen-bond acceptors (Lipinski definition) is 6. The molecule has 0 aliphatic carbocycles. The maximum atomic E-state index is 11.9. The van der Waals surface area contributed by atoms with E-state index in [-0.39, 0.29) is 28.0 Å². The molecule has 0 bridgehead atoms. The van der Waals surface area contributed by atoms with E-state index in [1.54, 1.807) is 48.7 Å². The van der Waals surface area contributed by atoms with Crippen molar-refractivity contribution < 1.29 is 36.2 Å². The van der Waals surface area contributed by atoms with Crippen molar-refractivity contribution in [3.63, 3.8) is 0 Å². The van der Waals surface area contributed by atoms with E-state index in [0.29, 0.717) is 24.1 Å². The van der Waals surface area contributed by atoms with Gasteiger partial charge in [-0.05, 0) is 43.5 Å². The molecule has 1 atom stereocenters. The van der Waals surface area contributed by atoms with Crippen molar-refractivity contribution in [2.24, 2.45) is 9.98 Å². The Kier molecular flexibility index (Phi) is 10.6. The van der Waals surface area contributed by atoms with Gasteiger partial charge >= 0.3 is 5.97 Å². The molecule has 0 aromatic heterocycles. The van der Waals surface area contributed by atoms with Crippen molar-refractivity contribution >= 4 is 18.4 Å². The van der Waals surface area contributed by atoms with Gasteiger partial charge in [0.15, 0.2) is 0 Å². The summed E-state index contributed by atoms with van der Waals surface area (Å²) in [4.78, 5) is 20.5. The van der Waals surface area contributed by atoms with Crippen molar-refractivity contribution in [1.82, 2.24) is 0 Å². The van der Waals surface area contributed by atoms with E-state index in [9.17, 15) is 15.0 Å². The number of methoxy groups -OCH3 is 1. The zero-order valence-corrected chi connectivity index (χ0v) is 16.6. The molecule has 152 valence electrons. The molecule has 2 N–H and O–H groups in total. The van der Waals surface area contributed by atoms with E-state index in [0.717, 1.165) is 12.8 Å². The third kappa shape index (κ3) is 7.53. The molecule has 1 unspecified atom stereocenters. The minimum Gasteiger partial charge on any atom is -0.507 e. The van der Waals surface area contributed by atoms with Crippen molar-refractivity contribution in [3.05, 3.63) is 59.7 Å². The quantitative estimate of drug-likeness (QED) is 0.278. The summed E-state index contributed by atoms with van der Waals surface area (Å²) in [5.41, 5.74) is 1.23. The molecule has 0 spiro atoms. The molecule has 0 fully saturated rings. The first-order valence-electron chi connectivity index (χ1n) is 8.78. The summed E-state index contributed by atoms with van der Waals surface area (Å²) in [6, 6.07) is 13.2. The van der Waals surface area contributed by atoms with E-state index in [1.165, 1.54) is 13.3 Å². The van der Waals surface area contributed by atoms with Gasteiger partial charge in [-0.2, -0.15) is 0 Å². The molecule has 2 aromatic rings. The van der Waals surface area contributed by atoms with Crippen molar-refractivity contribution in [2.45, 2.75) is 25.3 Å². The van der Waals surface area contributed by atoms with Crippen LogP contribution in [0, 0.1) is 0 Å². The first-order chi connectivity index (χ1) is 13.1. The Morgan fingerprint density at radius 3 is 2.14 bits per heavy atom. The Hall–Kier alpha value is -2.66. The SMILES string of the molecule is COC(=O)C(CCCCN=Cc1ccccc1O)N=Cc1ccccc1O.[Ni]. The Morgan fingerprint density at radius 2 is 1.57 bits per heavy atom. The molecule has 0 aliphatic heterocycles. The molecule has 2 rings (SSSR count). The number of rotatable bonds is 9. The number of ether oxygens (including phenoxy) is 1. The number of aliphatic imine (C=N–C) groups is 2. The zero-order valence-electron chi connectivity index (χ0n) is 15.6. The Morgan fingerprint density at radius 1 is 1.00 bits per heavy atom. The molecular weight excluding hydrogens is 403 g/mol. The second-order valence-corrected chi connectivity index (χ2v) is 5.97.